The lowest BCUT2D eigenvalue weighted by atomic mass is 9.80. The van der Waals surface area contributed by atoms with Gasteiger partial charge in [-0.2, -0.15) is 0 Å². The van der Waals surface area contributed by atoms with Gasteiger partial charge in [-0.25, -0.2) is 4.79 Å². The first-order chi connectivity index (χ1) is 11.5. The smallest absolute Gasteiger partial charge is 0.340 e. The number of hydrogen-bond donors (Lipinski definition) is 1. The molecule has 0 saturated heterocycles. The zero-order valence-electron chi connectivity index (χ0n) is 14.0. The number of nitro groups is 1. The number of esters is 1. The van der Waals surface area contributed by atoms with Crippen molar-refractivity contribution in [3.05, 3.63) is 50.5 Å². The van der Waals surface area contributed by atoms with Crippen LogP contribution in [-0.4, -0.2) is 34.0 Å². The molecule has 0 radical (unpaired) electrons. The highest BCUT2D eigenvalue weighted by atomic mass is 35.5. The van der Waals surface area contributed by atoms with Gasteiger partial charge in [-0.1, -0.05) is 25.4 Å². The van der Waals surface area contributed by atoms with Crippen LogP contribution in [0.2, 0.25) is 5.02 Å². The van der Waals surface area contributed by atoms with Crippen LogP contribution >= 0.6 is 11.6 Å². The van der Waals surface area contributed by atoms with Crippen LogP contribution in [0.3, 0.4) is 0 Å². The molecule has 0 heterocycles. The number of aliphatic hydroxyl groups is 1. The predicted molar refractivity (Wildman–Crippen MR) is 90.5 cm³/mol. The zero-order valence-corrected chi connectivity index (χ0v) is 14.7. The van der Waals surface area contributed by atoms with Gasteiger partial charge in [0.15, 0.2) is 5.78 Å². The Balaban J connectivity index is 2.29. The van der Waals surface area contributed by atoms with Crippen LogP contribution in [0, 0.1) is 15.5 Å². The lowest BCUT2D eigenvalue weighted by Crippen LogP contribution is -2.42. The Morgan fingerprint density at radius 2 is 2.08 bits per heavy atom. The fourth-order valence-corrected chi connectivity index (χ4v) is 3.00. The third-order valence-corrected chi connectivity index (χ3v) is 4.49. The van der Waals surface area contributed by atoms with Crippen LogP contribution in [0.1, 0.15) is 37.6 Å². The molecule has 1 N–H and O–H groups in total. The van der Waals surface area contributed by atoms with Gasteiger partial charge in [0.25, 0.3) is 5.69 Å². The second kappa shape index (κ2) is 6.93. The Bertz CT molecular complexity index is 770. The number of Topliss-reactive ketones (excluding diaryl/α,β-unsaturated/α-hetero) is 1. The Kier molecular flexibility index (Phi) is 5.29. The van der Waals surface area contributed by atoms with Gasteiger partial charge >= 0.3 is 5.97 Å². The largest absolute Gasteiger partial charge is 0.455 e. The molecule has 2 rings (SSSR count). The highest BCUT2D eigenvalue weighted by Crippen LogP contribution is 2.35. The summed E-state index contributed by atoms with van der Waals surface area (Å²) in [4.78, 5) is 34.6. The second-order valence-corrected chi connectivity index (χ2v) is 7.08. The summed E-state index contributed by atoms with van der Waals surface area (Å²) in [5, 5.41) is 20.9. The fourth-order valence-electron chi connectivity index (χ4n) is 2.74. The molecule has 0 fully saturated rings. The molecule has 2 atom stereocenters. The number of halogens is 1. The van der Waals surface area contributed by atoms with Crippen molar-refractivity contribution in [3.8, 4) is 0 Å². The fraction of sp³-hybridized carbons (Fsp3) is 0.412. The summed E-state index contributed by atoms with van der Waals surface area (Å²) < 4.78 is 5.42. The van der Waals surface area contributed by atoms with Gasteiger partial charge < -0.3 is 9.84 Å². The van der Waals surface area contributed by atoms with E-state index in [1.165, 1.54) is 12.1 Å². The molecule has 0 spiro atoms. The monoisotopic (exact) mass is 367 g/mol. The van der Waals surface area contributed by atoms with Gasteiger partial charge in [0.05, 0.1) is 15.5 Å². The minimum absolute atomic E-state index is 0.0495. The summed E-state index contributed by atoms with van der Waals surface area (Å²) in [7, 11) is 0. The molecular formula is C17H18ClNO6. The molecular weight excluding hydrogens is 350 g/mol. The van der Waals surface area contributed by atoms with Crippen molar-refractivity contribution in [1.29, 1.82) is 0 Å². The zero-order chi connectivity index (χ0) is 18.9. The van der Waals surface area contributed by atoms with E-state index in [0.717, 1.165) is 12.1 Å². The summed E-state index contributed by atoms with van der Waals surface area (Å²) in [6, 6.07) is 3.40. The summed E-state index contributed by atoms with van der Waals surface area (Å²) in [5.41, 5.74) is -0.687. The maximum absolute atomic E-state index is 12.4. The van der Waals surface area contributed by atoms with E-state index in [9.17, 15) is 24.8 Å². The van der Waals surface area contributed by atoms with Crippen molar-refractivity contribution in [1.82, 2.24) is 0 Å². The molecule has 1 aliphatic rings. The number of nitro benzene ring substituents is 1. The van der Waals surface area contributed by atoms with E-state index >= 15 is 0 Å². The van der Waals surface area contributed by atoms with Crippen molar-refractivity contribution < 1.29 is 24.4 Å². The Morgan fingerprint density at radius 1 is 1.44 bits per heavy atom. The number of hydrogen-bond acceptors (Lipinski definition) is 6. The summed E-state index contributed by atoms with van der Waals surface area (Å²) in [6.45, 7) is 5.03. The molecule has 0 bridgehead atoms. The predicted octanol–water partition coefficient (Wildman–Crippen LogP) is 3.08. The molecule has 0 aliphatic heterocycles. The number of allylic oxidation sites excluding steroid dienone is 1. The topological polar surface area (TPSA) is 107 Å². The molecule has 25 heavy (non-hydrogen) atoms. The average Bonchev–Trinajstić information content (AvgIpc) is 2.56. The lowest BCUT2D eigenvalue weighted by molar-refractivity contribution is -0.384. The average molecular weight is 368 g/mol. The number of benzene rings is 1. The van der Waals surface area contributed by atoms with Gasteiger partial charge in [-0.3, -0.25) is 14.9 Å². The van der Waals surface area contributed by atoms with E-state index in [4.69, 9.17) is 16.3 Å². The standard InChI is InChI=1S/C17H18ClNO6/c1-9-6-13(20)15(17(2,3)8-14(9)21)25-16(22)11-5-4-10(19(23)24)7-12(11)18/h4-7,13,15,20H,8H2,1-3H3. The molecule has 134 valence electrons. The van der Waals surface area contributed by atoms with E-state index in [1.54, 1.807) is 20.8 Å². The first kappa shape index (κ1) is 19.1. The van der Waals surface area contributed by atoms with E-state index in [1.807, 2.05) is 0 Å². The molecule has 8 heteroatoms. The van der Waals surface area contributed by atoms with Crippen molar-refractivity contribution in [2.24, 2.45) is 5.41 Å². The van der Waals surface area contributed by atoms with Crippen molar-refractivity contribution in [3.63, 3.8) is 0 Å². The minimum Gasteiger partial charge on any atom is -0.455 e. The number of carbonyl (C=O) groups excluding carboxylic acids is 2. The number of aliphatic hydroxyl groups excluding tert-OH is 1. The molecule has 2 unspecified atom stereocenters. The number of carbonyl (C=O) groups is 2. The summed E-state index contributed by atoms with van der Waals surface area (Å²) >= 11 is 5.94. The normalized spacial score (nSPS) is 22.8. The van der Waals surface area contributed by atoms with Gasteiger partial charge in [0.2, 0.25) is 0 Å². The van der Waals surface area contributed by atoms with Crippen LogP contribution in [0.15, 0.2) is 29.8 Å². The van der Waals surface area contributed by atoms with Crippen LogP contribution in [0.5, 0.6) is 0 Å². The van der Waals surface area contributed by atoms with Gasteiger partial charge in [0.1, 0.15) is 12.2 Å². The molecule has 1 aliphatic carbocycles. The molecule has 0 saturated carbocycles. The van der Waals surface area contributed by atoms with Crippen molar-refractivity contribution in [2.45, 2.75) is 39.4 Å². The first-order valence-corrected chi connectivity index (χ1v) is 7.95. The van der Waals surface area contributed by atoms with Crippen molar-refractivity contribution >= 4 is 29.0 Å². The minimum atomic E-state index is -1.15. The van der Waals surface area contributed by atoms with Gasteiger partial charge in [0, 0.05) is 24.0 Å². The molecule has 7 nitrogen and oxygen atoms in total. The third kappa shape index (κ3) is 4.05. The van der Waals surface area contributed by atoms with Crippen LogP contribution < -0.4 is 0 Å². The van der Waals surface area contributed by atoms with Crippen LogP contribution in [0.25, 0.3) is 0 Å². The highest BCUT2D eigenvalue weighted by molar-refractivity contribution is 6.33. The van der Waals surface area contributed by atoms with E-state index in [0.29, 0.717) is 5.57 Å². The Morgan fingerprint density at radius 3 is 2.64 bits per heavy atom. The molecule has 0 amide bonds. The molecule has 0 aromatic heterocycles. The second-order valence-electron chi connectivity index (χ2n) is 6.68. The highest BCUT2D eigenvalue weighted by Gasteiger charge is 2.41. The van der Waals surface area contributed by atoms with E-state index in [2.05, 4.69) is 0 Å². The number of rotatable bonds is 3. The third-order valence-electron chi connectivity index (χ3n) is 4.17. The maximum Gasteiger partial charge on any atom is 0.340 e. The van der Waals surface area contributed by atoms with Gasteiger partial charge in [-0.05, 0) is 24.6 Å². The number of ether oxygens (including phenoxy) is 1. The maximum atomic E-state index is 12.4. The lowest BCUT2D eigenvalue weighted by Gasteiger charge is -2.34. The summed E-state index contributed by atoms with van der Waals surface area (Å²) in [6.07, 6.45) is -0.639. The number of non-ortho nitro benzene ring substituents is 1. The Labute approximate surface area is 149 Å². The molecule has 1 aromatic rings. The number of nitrogens with zero attached hydrogens (tertiary/aromatic N) is 1. The van der Waals surface area contributed by atoms with Gasteiger partial charge in [-0.15, -0.1) is 0 Å². The summed E-state index contributed by atoms with van der Waals surface area (Å²) in [5.74, 6) is -0.951. The SMILES string of the molecule is CC1=CC(O)C(OC(=O)c2ccc([N+](=O)[O-])cc2Cl)C(C)(C)CC1=O. The number of ketones is 1. The van der Waals surface area contributed by atoms with Crippen molar-refractivity contribution in [2.75, 3.05) is 0 Å². The van der Waals surface area contributed by atoms with E-state index < -0.39 is 28.5 Å². The Hall–Kier alpha value is -2.25. The van der Waals surface area contributed by atoms with Crippen LogP contribution in [-0.2, 0) is 9.53 Å². The van der Waals surface area contributed by atoms with E-state index in [-0.39, 0.29) is 28.5 Å². The molecule has 1 aromatic carbocycles. The quantitative estimate of drug-likeness (QED) is 0.499. The first-order valence-electron chi connectivity index (χ1n) is 7.57. The van der Waals surface area contributed by atoms with Crippen LogP contribution in [0.4, 0.5) is 5.69 Å².